The Bertz CT molecular complexity index is 421. The van der Waals surface area contributed by atoms with E-state index < -0.39 is 5.60 Å². The molecule has 0 radical (unpaired) electrons. The summed E-state index contributed by atoms with van der Waals surface area (Å²) in [4.78, 5) is 16.7. The standard InChI is InChI=1S/C14H22N2O3/c1-13(2,3)19-12(17)16-8-9-10-11(16)14(9,10)15-4-6-18-7-5-15/h9-11H,4-8H2,1-3H3. The lowest BCUT2D eigenvalue weighted by Gasteiger charge is -2.31. The van der Waals surface area contributed by atoms with Crippen LogP contribution in [0.25, 0.3) is 0 Å². The number of nitrogens with zero attached hydrogens (tertiary/aromatic N) is 2. The van der Waals surface area contributed by atoms with Gasteiger partial charge in [-0.3, -0.25) is 4.90 Å². The summed E-state index contributed by atoms with van der Waals surface area (Å²) in [7, 11) is 0. The van der Waals surface area contributed by atoms with Crippen molar-refractivity contribution in [3.8, 4) is 0 Å². The van der Waals surface area contributed by atoms with Crippen molar-refractivity contribution in [1.82, 2.24) is 9.80 Å². The van der Waals surface area contributed by atoms with Gasteiger partial charge in [0, 0.05) is 31.5 Å². The first-order chi connectivity index (χ1) is 8.96. The highest BCUT2D eigenvalue weighted by Gasteiger charge is 2.95. The number of hydrogen-bond acceptors (Lipinski definition) is 4. The minimum Gasteiger partial charge on any atom is -0.444 e. The number of piperidine rings is 1. The lowest BCUT2D eigenvalue weighted by atomic mass is 10.1. The second-order valence-corrected chi connectivity index (χ2v) is 7.20. The van der Waals surface area contributed by atoms with Crippen molar-refractivity contribution >= 4 is 6.09 Å². The van der Waals surface area contributed by atoms with Crippen LogP contribution in [0.3, 0.4) is 0 Å². The number of carbonyl (C=O) groups is 1. The van der Waals surface area contributed by atoms with E-state index in [0.717, 1.165) is 38.8 Å². The summed E-state index contributed by atoms with van der Waals surface area (Å²) >= 11 is 0. The topological polar surface area (TPSA) is 42.0 Å². The van der Waals surface area contributed by atoms with E-state index in [0.29, 0.717) is 17.5 Å². The fourth-order valence-corrected chi connectivity index (χ4v) is 4.34. The quantitative estimate of drug-likeness (QED) is 0.708. The summed E-state index contributed by atoms with van der Waals surface area (Å²) in [5.41, 5.74) is -0.0772. The molecule has 19 heavy (non-hydrogen) atoms. The molecule has 5 nitrogen and oxygen atoms in total. The van der Waals surface area contributed by atoms with Gasteiger partial charge in [0.15, 0.2) is 0 Å². The third-order valence-corrected chi connectivity index (χ3v) is 5.07. The third kappa shape index (κ3) is 1.46. The summed E-state index contributed by atoms with van der Waals surface area (Å²) in [6, 6.07) is 0.422. The van der Waals surface area contributed by atoms with E-state index in [9.17, 15) is 4.79 Å². The van der Waals surface area contributed by atoms with E-state index in [1.165, 1.54) is 0 Å². The molecule has 1 amide bonds. The van der Waals surface area contributed by atoms with Gasteiger partial charge >= 0.3 is 6.09 Å². The zero-order valence-corrected chi connectivity index (χ0v) is 11.9. The van der Waals surface area contributed by atoms with Crippen LogP contribution in [-0.4, -0.2) is 65.9 Å². The van der Waals surface area contributed by atoms with Gasteiger partial charge in [-0.1, -0.05) is 0 Å². The Balaban J connectivity index is 1.44. The van der Waals surface area contributed by atoms with Crippen molar-refractivity contribution in [2.24, 2.45) is 11.8 Å². The Kier molecular flexibility index (Phi) is 2.17. The smallest absolute Gasteiger partial charge is 0.410 e. The third-order valence-electron chi connectivity index (χ3n) is 5.07. The highest BCUT2D eigenvalue weighted by molar-refractivity contribution is 5.74. The van der Waals surface area contributed by atoms with Gasteiger partial charge < -0.3 is 14.4 Å². The number of fused-ring (bicyclic) bond motifs is 1. The van der Waals surface area contributed by atoms with Crippen LogP contribution in [0.4, 0.5) is 4.79 Å². The first-order valence-electron chi connectivity index (χ1n) is 7.28. The molecule has 0 aromatic rings. The first kappa shape index (κ1) is 12.0. The van der Waals surface area contributed by atoms with Crippen molar-refractivity contribution in [2.75, 3.05) is 32.8 Å². The van der Waals surface area contributed by atoms with Crippen molar-refractivity contribution in [3.63, 3.8) is 0 Å². The molecule has 0 spiro atoms. The monoisotopic (exact) mass is 266 g/mol. The molecule has 4 unspecified atom stereocenters. The molecule has 5 rings (SSSR count). The number of carbonyl (C=O) groups excluding carboxylic acids is 1. The van der Waals surface area contributed by atoms with E-state index in [-0.39, 0.29) is 6.09 Å². The molecule has 2 saturated carbocycles. The second-order valence-electron chi connectivity index (χ2n) is 7.20. The molecule has 5 fully saturated rings. The van der Waals surface area contributed by atoms with Gasteiger partial charge in [0.05, 0.1) is 24.8 Å². The molecule has 3 saturated heterocycles. The summed E-state index contributed by atoms with van der Waals surface area (Å²) < 4.78 is 10.9. The van der Waals surface area contributed by atoms with E-state index in [1.807, 2.05) is 25.7 Å². The van der Waals surface area contributed by atoms with Crippen molar-refractivity contribution in [3.05, 3.63) is 0 Å². The Morgan fingerprint density at radius 1 is 1.32 bits per heavy atom. The maximum atomic E-state index is 12.2. The van der Waals surface area contributed by atoms with Crippen LogP contribution in [0.1, 0.15) is 20.8 Å². The lowest BCUT2D eigenvalue weighted by molar-refractivity contribution is 0.0122. The van der Waals surface area contributed by atoms with Gasteiger partial charge in [0.25, 0.3) is 0 Å². The van der Waals surface area contributed by atoms with Crippen LogP contribution >= 0.6 is 0 Å². The molecule has 106 valence electrons. The molecule has 5 heteroatoms. The van der Waals surface area contributed by atoms with Gasteiger partial charge in [-0.25, -0.2) is 4.79 Å². The van der Waals surface area contributed by atoms with Gasteiger partial charge in [-0.15, -0.1) is 0 Å². The van der Waals surface area contributed by atoms with Crippen molar-refractivity contribution < 1.29 is 14.3 Å². The normalized spacial score (nSPS) is 43.9. The van der Waals surface area contributed by atoms with Crippen molar-refractivity contribution in [2.45, 2.75) is 38.0 Å². The van der Waals surface area contributed by atoms with Gasteiger partial charge in [-0.05, 0) is 20.8 Å². The molecule has 0 N–H and O–H groups in total. The minimum atomic E-state index is -0.397. The predicted octanol–water partition coefficient (Wildman–Crippen LogP) is 0.936. The van der Waals surface area contributed by atoms with Crippen LogP contribution in [0.5, 0.6) is 0 Å². The summed E-state index contributed by atoms with van der Waals surface area (Å²) in [5.74, 6) is 1.42. The molecular weight excluding hydrogens is 244 g/mol. The average Bonchev–Trinajstić information content (AvgIpc) is 3.07. The SMILES string of the molecule is CC(C)(C)OC(=O)N1CC2C3C1C23N1CCOCC1. The zero-order valence-electron chi connectivity index (χ0n) is 11.9. The molecule has 4 atom stereocenters. The Hall–Kier alpha value is -0.810. The maximum absolute atomic E-state index is 12.2. The van der Waals surface area contributed by atoms with E-state index >= 15 is 0 Å². The van der Waals surface area contributed by atoms with Crippen LogP contribution in [-0.2, 0) is 9.47 Å². The zero-order chi connectivity index (χ0) is 13.4. The van der Waals surface area contributed by atoms with Crippen LogP contribution in [0, 0.1) is 11.8 Å². The number of morpholine rings is 1. The highest BCUT2D eigenvalue weighted by atomic mass is 16.6. The van der Waals surface area contributed by atoms with Crippen molar-refractivity contribution in [1.29, 1.82) is 0 Å². The molecule has 2 aliphatic carbocycles. The first-order valence-corrected chi connectivity index (χ1v) is 7.28. The number of ether oxygens (including phenoxy) is 2. The largest absolute Gasteiger partial charge is 0.444 e. The predicted molar refractivity (Wildman–Crippen MR) is 68.8 cm³/mol. The van der Waals surface area contributed by atoms with Crippen LogP contribution in [0.2, 0.25) is 0 Å². The Morgan fingerprint density at radius 3 is 2.58 bits per heavy atom. The second kappa shape index (κ2) is 3.44. The van der Waals surface area contributed by atoms with Gasteiger partial charge in [-0.2, -0.15) is 0 Å². The average molecular weight is 266 g/mol. The Morgan fingerprint density at radius 2 is 2.00 bits per heavy atom. The Labute approximate surface area is 113 Å². The number of amides is 1. The fourth-order valence-electron chi connectivity index (χ4n) is 4.34. The molecule has 0 aromatic heterocycles. The molecule has 2 bridgehead atoms. The fraction of sp³-hybridized carbons (Fsp3) is 0.929. The lowest BCUT2D eigenvalue weighted by Crippen LogP contribution is -2.46. The molecule has 3 aliphatic heterocycles. The highest BCUT2D eigenvalue weighted by Crippen LogP contribution is 2.81. The summed E-state index contributed by atoms with van der Waals surface area (Å²) in [6.07, 6.45) is -0.127. The molecule has 3 heterocycles. The maximum Gasteiger partial charge on any atom is 0.410 e. The minimum absolute atomic E-state index is 0.127. The van der Waals surface area contributed by atoms with Gasteiger partial charge in [0.1, 0.15) is 5.60 Å². The number of hydrogen-bond donors (Lipinski definition) is 0. The summed E-state index contributed by atoms with van der Waals surface area (Å²) in [6.45, 7) is 10.4. The number of rotatable bonds is 1. The molecular formula is C14H22N2O3. The van der Waals surface area contributed by atoms with Gasteiger partial charge in [0.2, 0.25) is 0 Å². The molecule has 5 aliphatic rings. The van der Waals surface area contributed by atoms with Crippen LogP contribution < -0.4 is 0 Å². The summed E-state index contributed by atoms with van der Waals surface area (Å²) in [5, 5.41) is 0. The van der Waals surface area contributed by atoms with Crippen LogP contribution in [0.15, 0.2) is 0 Å². The van der Waals surface area contributed by atoms with E-state index in [1.54, 1.807) is 0 Å². The van der Waals surface area contributed by atoms with E-state index in [4.69, 9.17) is 9.47 Å². The molecule has 0 aromatic carbocycles. The van der Waals surface area contributed by atoms with E-state index in [2.05, 4.69) is 4.90 Å².